The fraction of sp³-hybridized carbons (Fsp3) is 0.250. The number of nitrogens with one attached hydrogen (secondary N) is 3. The molecule has 0 radical (unpaired) electrons. The summed E-state index contributed by atoms with van der Waals surface area (Å²) >= 11 is 0. The zero-order valence-electron chi connectivity index (χ0n) is 15.4. The SMILES string of the molecule is CC(CN(C)C)Nc1ccc(NC=C2C(=O)Nc3cccc(F)c32)cc1F. The lowest BCUT2D eigenvalue weighted by atomic mass is 10.1. The summed E-state index contributed by atoms with van der Waals surface area (Å²) in [6.07, 6.45) is 1.39. The molecule has 5 nitrogen and oxygen atoms in total. The van der Waals surface area contributed by atoms with Crippen molar-refractivity contribution in [3.05, 3.63) is 59.8 Å². The van der Waals surface area contributed by atoms with Gasteiger partial charge in [0.25, 0.3) is 5.91 Å². The summed E-state index contributed by atoms with van der Waals surface area (Å²) in [5.41, 5.74) is 1.67. The summed E-state index contributed by atoms with van der Waals surface area (Å²) in [5.74, 6) is -1.30. The standard InChI is InChI=1S/C20H22F2N4O/c1-12(11-26(2)3)24-17-8-7-13(9-16(17)22)23-10-14-19-15(21)5-4-6-18(19)25-20(14)27/h4-10,12,23-24H,11H2,1-3H3,(H,25,27). The van der Waals surface area contributed by atoms with Gasteiger partial charge < -0.3 is 20.9 Å². The molecule has 3 rings (SSSR count). The number of benzene rings is 2. The third kappa shape index (κ3) is 4.25. The van der Waals surface area contributed by atoms with Gasteiger partial charge in [-0.1, -0.05) is 6.07 Å². The quantitative estimate of drug-likeness (QED) is 0.677. The third-order valence-corrected chi connectivity index (χ3v) is 4.17. The molecule has 3 N–H and O–H groups in total. The minimum atomic E-state index is -0.487. The van der Waals surface area contributed by atoms with Gasteiger partial charge in [0.05, 0.1) is 16.9 Å². The topological polar surface area (TPSA) is 56.4 Å². The van der Waals surface area contributed by atoms with Gasteiger partial charge in [-0.15, -0.1) is 0 Å². The highest BCUT2D eigenvalue weighted by Gasteiger charge is 2.27. The second-order valence-electron chi connectivity index (χ2n) is 6.82. The maximum Gasteiger partial charge on any atom is 0.257 e. The lowest BCUT2D eigenvalue weighted by Gasteiger charge is -2.20. The number of hydrogen-bond acceptors (Lipinski definition) is 4. The minimum absolute atomic E-state index is 0.0806. The van der Waals surface area contributed by atoms with E-state index in [0.29, 0.717) is 17.1 Å². The van der Waals surface area contributed by atoms with Crippen LogP contribution in [0.3, 0.4) is 0 Å². The third-order valence-electron chi connectivity index (χ3n) is 4.17. The summed E-state index contributed by atoms with van der Waals surface area (Å²) < 4.78 is 28.4. The first-order chi connectivity index (χ1) is 12.8. The molecule has 2 aromatic rings. The Kier molecular flexibility index (Phi) is 5.41. The van der Waals surface area contributed by atoms with Crippen LogP contribution in [0.15, 0.2) is 42.6 Å². The predicted molar refractivity (Wildman–Crippen MR) is 105 cm³/mol. The molecule has 0 saturated carbocycles. The molecule has 0 fully saturated rings. The number of nitrogens with zero attached hydrogens (tertiary/aromatic N) is 1. The molecule has 1 atom stereocenters. The molecule has 1 aliphatic heterocycles. The first-order valence-corrected chi connectivity index (χ1v) is 8.63. The van der Waals surface area contributed by atoms with Crippen LogP contribution in [0.5, 0.6) is 0 Å². The summed E-state index contributed by atoms with van der Waals surface area (Å²) in [6, 6.07) is 9.19. The second-order valence-corrected chi connectivity index (χ2v) is 6.82. The molecule has 0 bridgehead atoms. The van der Waals surface area contributed by atoms with Gasteiger partial charge in [-0.2, -0.15) is 0 Å². The summed E-state index contributed by atoms with van der Waals surface area (Å²) in [6.45, 7) is 2.74. The molecule has 27 heavy (non-hydrogen) atoms. The molecule has 1 heterocycles. The van der Waals surface area contributed by atoms with Crippen LogP contribution in [-0.4, -0.2) is 37.5 Å². The molecule has 0 saturated heterocycles. The van der Waals surface area contributed by atoms with E-state index < -0.39 is 17.5 Å². The molecule has 2 aromatic carbocycles. The highest BCUT2D eigenvalue weighted by Crippen LogP contribution is 2.33. The maximum absolute atomic E-state index is 14.4. The van der Waals surface area contributed by atoms with Crippen LogP contribution in [0.2, 0.25) is 0 Å². The molecule has 1 unspecified atom stereocenters. The second kappa shape index (κ2) is 7.75. The van der Waals surface area contributed by atoms with E-state index in [0.717, 1.165) is 6.54 Å². The number of halogens is 2. The van der Waals surface area contributed by atoms with Gasteiger partial charge >= 0.3 is 0 Å². The van der Waals surface area contributed by atoms with Gasteiger partial charge in [0.15, 0.2) is 0 Å². The number of rotatable bonds is 6. The Labute approximate surface area is 157 Å². The van der Waals surface area contributed by atoms with Crippen LogP contribution >= 0.6 is 0 Å². The van der Waals surface area contributed by atoms with Crippen LogP contribution in [0.25, 0.3) is 5.57 Å². The zero-order chi connectivity index (χ0) is 19.6. The molecule has 0 aliphatic carbocycles. The Hall–Kier alpha value is -2.93. The number of fused-ring (bicyclic) bond motifs is 1. The lowest BCUT2D eigenvalue weighted by molar-refractivity contribution is -0.110. The smallest absolute Gasteiger partial charge is 0.257 e. The average Bonchev–Trinajstić information content (AvgIpc) is 2.91. The molecule has 1 aliphatic rings. The molecule has 1 amide bonds. The molecular weight excluding hydrogens is 350 g/mol. The van der Waals surface area contributed by atoms with Gasteiger partial charge in [-0.3, -0.25) is 4.79 Å². The number of likely N-dealkylation sites (N-methyl/N-ethyl adjacent to an activating group) is 1. The first kappa shape index (κ1) is 18.8. The van der Waals surface area contributed by atoms with Crippen LogP contribution in [0, 0.1) is 11.6 Å². The Balaban J connectivity index is 1.75. The fourth-order valence-electron chi connectivity index (χ4n) is 3.08. The van der Waals surface area contributed by atoms with Crippen LogP contribution in [0.4, 0.5) is 25.8 Å². The van der Waals surface area contributed by atoms with Crippen LogP contribution in [-0.2, 0) is 4.79 Å². The molecule has 0 aromatic heterocycles. The monoisotopic (exact) mass is 372 g/mol. The van der Waals surface area contributed by atoms with E-state index in [9.17, 15) is 13.6 Å². The van der Waals surface area contributed by atoms with E-state index in [2.05, 4.69) is 16.0 Å². The van der Waals surface area contributed by atoms with Crippen molar-refractivity contribution in [2.45, 2.75) is 13.0 Å². The van der Waals surface area contributed by atoms with Crippen molar-refractivity contribution in [1.82, 2.24) is 4.90 Å². The molecular formula is C20H22F2N4O. The largest absolute Gasteiger partial charge is 0.379 e. The first-order valence-electron chi connectivity index (χ1n) is 8.63. The average molecular weight is 372 g/mol. The number of hydrogen-bond donors (Lipinski definition) is 3. The van der Waals surface area contributed by atoms with Gasteiger partial charge in [0, 0.05) is 30.0 Å². The normalized spacial score (nSPS) is 15.6. The number of anilines is 3. The number of carbonyl (C=O) groups is 1. The zero-order valence-corrected chi connectivity index (χ0v) is 15.4. The molecule has 142 valence electrons. The summed E-state index contributed by atoms with van der Waals surface area (Å²) in [7, 11) is 3.91. The van der Waals surface area contributed by atoms with Crippen molar-refractivity contribution in [2.24, 2.45) is 0 Å². The predicted octanol–water partition coefficient (Wildman–Crippen LogP) is 3.73. The fourth-order valence-corrected chi connectivity index (χ4v) is 3.08. The highest BCUT2D eigenvalue weighted by molar-refractivity contribution is 6.31. The number of amides is 1. The van der Waals surface area contributed by atoms with E-state index in [4.69, 9.17) is 0 Å². The van der Waals surface area contributed by atoms with Crippen molar-refractivity contribution >= 4 is 28.5 Å². The van der Waals surface area contributed by atoms with E-state index in [-0.39, 0.29) is 17.2 Å². The molecule has 0 spiro atoms. The van der Waals surface area contributed by atoms with Crippen molar-refractivity contribution in [1.29, 1.82) is 0 Å². The summed E-state index contributed by atoms with van der Waals surface area (Å²) in [4.78, 5) is 14.1. The molecule has 7 heteroatoms. The van der Waals surface area contributed by atoms with Crippen LogP contribution < -0.4 is 16.0 Å². The van der Waals surface area contributed by atoms with Gasteiger partial charge in [0.2, 0.25) is 0 Å². The Morgan fingerprint density at radius 2 is 1.96 bits per heavy atom. The lowest BCUT2D eigenvalue weighted by Crippen LogP contribution is -2.29. The van der Waals surface area contributed by atoms with E-state index in [1.165, 1.54) is 24.4 Å². The van der Waals surface area contributed by atoms with Crippen molar-refractivity contribution in [3.63, 3.8) is 0 Å². The summed E-state index contributed by atoms with van der Waals surface area (Å²) in [5, 5.41) is 8.60. The van der Waals surface area contributed by atoms with E-state index in [1.807, 2.05) is 25.9 Å². The van der Waals surface area contributed by atoms with Crippen molar-refractivity contribution < 1.29 is 13.6 Å². The van der Waals surface area contributed by atoms with Gasteiger partial charge in [-0.25, -0.2) is 8.78 Å². The Morgan fingerprint density at radius 3 is 2.67 bits per heavy atom. The maximum atomic E-state index is 14.4. The Bertz CT molecular complexity index is 896. The van der Waals surface area contributed by atoms with Crippen LogP contribution in [0.1, 0.15) is 12.5 Å². The van der Waals surface area contributed by atoms with Gasteiger partial charge in [-0.05, 0) is 51.4 Å². The van der Waals surface area contributed by atoms with E-state index in [1.54, 1.807) is 18.2 Å². The minimum Gasteiger partial charge on any atom is -0.379 e. The van der Waals surface area contributed by atoms with E-state index >= 15 is 0 Å². The van der Waals surface area contributed by atoms with Gasteiger partial charge in [0.1, 0.15) is 11.6 Å². The van der Waals surface area contributed by atoms with Crippen molar-refractivity contribution in [3.8, 4) is 0 Å². The highest BCUT2D eigenvalue weighted by atomic mass is 19.1. The van der Waals surface area contributed by atoms with Crippen molar-refractivity contribution in [2.75, 3.05) is 36.6 Å². The Morgan fingerprint density at radius 1 is 1.19 bits per heavy atom. The number of carbonyl (C=O) groups excluding carboxylic acids is 1.